The van der Waals surface area contributed by atoms with Crippen LogP contribution in [0.2, 0.25) is 0 Å². The largest absolute Gasteiger partial charge is 0.326 e. The second-order valence-corrected chi connectivity index (χ2v) is 5.18. The standard InChI is InChI=1S/C12H16BrN3O3/c1-8(2)14-6-5-12(17)15-9-3-4-11(16(18)19)10(13)7-9/h3-4,7-8,14H,5-6H2,1-2H3,(H,15,17). The molecule has 0 saturated heterocycles. The number of halogens is 1. The highest BCUT2D eigenvalue weighted by Crippen LogP contribution is 2.27. The molecule has 0 radical (unpaired) electrons. The van der Waals surface area contributed by atoms with Gasteiger partial charge in [-0.25, -0.2) is 0 Å². The van der Waals surface area contributed by atoms with E-state index in [1.165, 1.54) is 18.2 Å². The van der Waals surface area contributed by atoms with Crippen LogP contribution in [-0.2, 0) is 4.79 Å². The van der Waals surface area contributed by atoms with Crippen LogP contribution < -0.4 is 10.6 Å². The molecule has 0 aliphatic carbocycles. The molecule has 0 spiro atoms. The Hall–Kier alpha value is -1.47. The highest BCUT2D eigenvalue weighted by molar-refractivity contribution is 9.10. The normalized spacial score (nSPS) is 10.5. The first kappa shape index (κ1) is 15.6. The number of rotatable bonds is 6. The predicted molar refractivity (Wildman–Crippen MR) is 77.2 cm³/mol. The van der Waals surface area contributed by atoms with Crippen molar-refractivity contribution < 1.29 is 9.72 Å². The van der Waals surface area contributed by atoms with Gasteiger partial charge in [-0.1, -0.05) is 13.8 Å². The third-order valence-electron chi connectivity index (χ3n) is 2.33. The lowest BCUT2D eigenvalue weighted by Gasteiger charge is -2.08. The van der Waals surface area contributed by atoms with Crippen molar-refractivity contribution in [1.82, 2.24) is 5.32 Å². The summed E-state index contributed by atoms with van der Waals surface area (Å²) in [6.45, 7) is 4.61. The molecular formula is C12H16BrN3O3. The number of amides is 1. The van der Waals surface area contributed by atoms with Crippen molar-refractivity contribution in [3.8, 4) is 0 Å². The van der Waals surface area contributed by atoms with E-state index < -0.39 is 4.92 Å². The fourth-order valence-electron chi connectivity index (χ4n) is 1.43. The first-order valence-corrected chi connectivity index (χ1v) is 6.66. The van der Waals surface area contributed by atoms with Gasteiger partial charge >= 0.3 is 0 Å². The van der Waals surface area contributed by atoms with Crippen molar-refractivity contribution in [3.05, 3.63) is 32.8 Å². The fourth-order valence-corrected chi connectivity index (χ4v) is 1.95. The Morgan fingerprint density at radius 1 is 1.47 bits per heavy atom. The second-order valence-electron chi connectivity index (χ2n) is 4.33. The average Bonchev–Trinajstić information content (AvgIpc) is 2.27. The topological polar surface area (TPSA) is 84.3 Å². The van der Waals surface area contributed by atoms with Gasteiger partial charge in [-0.3, -0.25) is 14.9 Å². The number of hydrogen-bond donors (Lipinski definition) is 2. The molecule has 0 aliphatic rings. The Bertz CT molecular complexity index is 477. The Morgan fingerprint density at radius 3 is 2.68 bits per heavy atom. The third-order valence-corrected chi connectivity index (χ3v) is 2.97. The molecule has 2 N–H and O–H groups in total. The maximum absolute atomic E-state index is 11.6. The van der Waals surface area contributed by atoms with E-state index in [9.17, 15) is 14.9 Å². The molecule has 0 atom stereocenters. The molecule has 1 aromatic carbocycles. The van der Waals surface area contributed by atoms with Crippen LogP contribution in [0.5, 0.6) is 0 Å². The predicted octanol–water partition coefficient (Wildman–Crippen LogP) is 2.68. The molecule has 0 saturated carbocycles. The van der Waals surface area contributed by atoms with E-state index in [1.807, 2.05) is 13.8 Å². The van der Waals surface area contributed by atoms with Gasteiger partial charge in [-0.15, -0.1) is 0 Å². The Balaban J connectivity index is 2.55. The fraction of sp³-hybridized carbons (Fsp3) is 0.417. The lowest BCUT2D eigenvalue weighted by molar-refractivity contribution is -0.385. The maximum Gasteiger partial charge on any atom is 0.283 e. The molecule has 6 nitrogen and oxygen atoms in total. The van der Waals surface area contributed by atoms with Gasteiger partial charge in [-0.2, -0.15) is 0 Å². The molecule has 1 rings (SSSR count). The average molecular weight is 330 g/mol. The summed E-state index contributed by atoms with van der Waals surface area (Å²) < 4.78 is 0.343. The first-order chi connectivity index (χ1) is 8.90. The molecule has 19 heavy (non-hydrogen) atoms. The number of nitro groups is 1. The van der Waals surface area contributed by atoms with Crippen LogP contribution in [0.1, 0.15) is 20.3 Å². The van der Waals surface area contributed by atoms with Crippen LogP contribution >= 0.6 is 15.9 Å². The number of benzene rings is 1. The molecule has 0 aromatic heterocycles. The molecule has 1 aromatic rings. The minimum Gasteiger partial charge on any atom is -0.326 e. The zero-order valence-corrected chi connectivity index (χ0v) is 12.4. The summed E-state index contributed by atoms with van der Waals surface area (Å²) in [6, 6.07) is 4.72. The number of anilines is 1. The maximum atomic E-state index is 11.6. The summed E-state index contributed by atoms with van der Waals surface area (Å²) in [6.07, 6.45) is 0.354. The van der Waals surface area contributed by atoms with Crippen molar-refractivity contribution in [2.24, 2.45) is 0 Å². The lowest BCUT2D eigenvalue weighted by Crippen LogP contribution is -2.27. The molecule has 0 fully saturated rings. The van der Waals surface area contributed by atoms with Gasteiger partial charge < -0.3 is 10.6 Å². The molecule has 7 heteroatoms. The van der Waals surface area contributed by atoms with Crippen LogP contribution in [0.3, 0.4) is 0 Å². The molecule has 0 bridgehead atoms. The first-order valence-electron chi connectivity index (χ1n) is 5.87. The summed E-state index contributed by atoms with van der Waals surface area (Å²) in [7, 11) is 0. The molecule has 104 valence electrons. The van der Waals surface area contributed by atoms with Crippen LogP contribution in [-0.4, -0.2) is 23.4 Å². The third kappa shape index (κ3) is 5.35. The lowest BCUT2D eigenvalue weighted by atomic mass is 10.2. The summed E-state index contributed by atoms with van der Waals surface area (Å²) in [4.78, 5) is 21.8. The number of nitrogens with one attached hydrogen (secondary N) is 2. The number of hydrogen-bond acceptors (Lipinski definition) is 4. The van der Waals surface area contributed by atoms with Gasteiger partial charge in [-0.05, 0) is 28.1 Å². The molecular weight excluding hydrogens is 314 g/mol. The summed E-state index contributed by atoms with van der Waals surface area (Å²) in [5.41, 5.74) is 0.506. The Kier molecular flexibility index (Phi) is 5.91. The van der Waals surface area contributed by atoms with E-state index in [0.717, 1.165) is 0 Å². The Morgan fingerprint density at radius 2 is 2.16 bits per heavy atom. The zero-order chi connectivity index (χ0) is 14.4. The zero-order valence-electron chi connectivity index (χ0n) is 10.8. The number of carbonyl (C=O) groups excluding carboxylic acids is 1. The van der Waals surface area contributed by atoms with E-state index in [4.69, 9.17) is 0 Å². The molecule has 0 unspecified atom stereocenters. The molecule has 0 heterocycles. The van der Waals surface area contributed by atoms with E-state index in [2.05, 4.69) is 26.6 Å². The minimum absolute atomic E-state index is 0.0283. The van der Waals surface area contributed by atoms with Gasteiger partial charge in [0, 0.05) is 30.8 Å². The molecule has 1 amide bonds. The smallest absolute Gasteiger partial charge is 0.283 e. The van der Waals surface area contributed by atoms with Crippen LogP contribution in [0.15, 0.2) is 22.7 Å². The molecule has 0 aliphatic heterocycles. The quantitative estimate of drug-likeness (QED) is 0.620. The van der Waals surface area contributed by atoms with Crippen LogP contribution in [0.25, 0.3) is 0 Å². The number of carbonyl (C=O) groups is 1. The Labute approximate surface area is 119 Å². The van der Waals surface area contributed by atoms with Gasteiger partial charge in [0.2, 0.25) is 5.91 Å². The van der Waals surface area contributed by atoms with Crippen molar-refractivity contribution in [1.29, 1.82) is 0 Å². The van der Waals surface area contributed by atoms with E-state index >= 15 is 0 Å². The van der Waals surface area contributed by atoms with E-state index in [1.54, 1.807) is 0 Å². The minimum atomic E-state index is -0.484. The highest BCUT2D eigenvalue weighted by atomic mass is 79.9. The number of nitrogens with zero attached hydrogens (tertiary/aromatic N) is 1. The van der Waals surface area contributed by atoms with Gasteiger partial charge in [0.25, 0.3) is 5.69 Å². The summed E-state index contributed by atoms with van der Waals surface area (Å²) >= 11 is 3.10. The van der Waals surface area contributed by atoms with Crippen molar-refractivity contribution in [2.45, 2.75) is 26.3 Å². The number of nitro benzene ring substituents is 1. The second kappa shape index (κ2) is 7.20. The van der Waals surface area contributed by atoms with Crippen LogP contribution in [0.4, 0.5) is 11.4 Å². The van der Waals surface area contributed by atoms with Crippen molar-refractivity contribution in [2.75, 3.05) is 11.9 Å². The summed E-state index contributed by atoms with van der Waals surface area (Å²) in [5, 5.41) is 16.5. The van der Waals surface area contributed by atoms with Gasteiger partial charge in [0.05, 0.1) is 9.40 Å². The highest BCUT2D eigenvalue weighted by Gasteiger charge is 2.12. The van der Waals surface area contributed by atoms with Crippen molar-refractivity contribution >= 4 is 33.2 Å². The van der Waals surface area contributed by atoms with E-state index in [0.29, 0.717) is 29.2 Å². The van der Waals surface area contributed by atoms with E-state index in [-0.39, 0.29) is 11.6 Å². The van der Waals surface area contributed by atoms with Gasteiger partial charge in [0.15, 0.2) is 0 Å². The van der Waals surface area contributed by atoms with Crippen molar-refractivity contribution in [3.63, 3.8) is 0 Å². The summed E-state index contributed by atoms with van der Waals surface area (Å²) in [5.74, 6) is -0.131. The monoisotopic (exact) mass is 329 g/mol. The SMILES string of the molecule is CC(C)NCCC(=O)Nc1ccc([N+](=O)[O-])c(Br)c1. The van der Waals surface area contributed by atoms with Crippen LogP contribution in [0, 0.1) is 10.1 Å². The van der Waals surface area contributed by atoms with Gasteiger partial charge in [0.1, 0.15) is 0 Å².